The lowest BCUT2D eigenvalue weighted by Gasteiger charge is -2.31. The molecule has 0 heterocycles. The molecule has 374 valence electrons. The van der Waals surface area contributed by atoms with Gasteiger partial charge in [0.2, 0.25) is 0 Å². The lowest BCUT2D eigenvalue weighted by Crippen LogP contribution is -2.50. The summed E-state index contributed by atoms with van der Waals surface area (Å²) in [5.41, 5.74) is 0. The predicted octanol–water partition coefficient (Wildman–Crippen LogP) is 15.5. The van der Waals surface area contributed by atoms with Gasteiger partial charge in [-0.2, -0.15) is 0 Å². The summed E-state index contributed by atoms with van der Waals surface area (Å²) in [6.45, 7) is 4.61. The summed E-state index contributed by atoms with van der Waals surface area (Å²) in [5.74, 6) is -1.51. The molecule has 0 amide bonds. The van der Waals surface area contributed by atoms with E-state index >= 15 is 0 Å². The Labute approximate surface area is 400 Å². The van der Waals surface area contributed by atoms with Crippen LogP contribution in [0.5, 0.6) is 0 Å². The maximum atomic E-state index is 12.8. The van der Waals surface area contributed by atoms with E-state index in [0.29, 0.717) is 12.8 Å². The number of aliphatic carboxylic acids is 1. The Kier molecular flexibility index (Phi) is 44.9. The van der Waals surface area contributed by atoms with Gasteiger partial charge in [0.1, 0.15) is 6.61 Å². The third-order valence-corrected chi connectivity index (χ3v) is 11.6. The number of quaternary nitrogens is 1. The van der Waals surface area contributed by atoms with Gasteiger partial charge in [-0.3, -0.25) is 9.59 Å². The number of hydrogen-bond acceptors (Lipinski definition) is 6. The average molecular weight is 911 g/mol. The van der Waals surface area contributed by atoms with E-state index in [1.807, 2.05) is 21.1 Å². The van der Waals surface area contributed by atoms with Crippen LogP contribution in [0.3, 0.4) is 0 Å². The summed E-state index contributed by atoms with van der Waals surface area (Å²) in [6.07, 6.45) is 61.0. The average Bonchev–Trinajstić information content (AvgIpc) is 3.27. The Morgan fingerprint density at radius 2 is 0.862 bits per heavy atom. The predicted molar refractivity (Wildman–Crippen MR) is 275 cm³/mol. The van der Waals surface area contributed by atoms with E-state index in [-0.39, 0.29) is 42.7 Å². The molecule has 0 spiro atoms. The van der Waals surface area contributed by atoms with E-state index < -0.39 is 18.1 Å². The van der Waals surface area contributed by atoms with Gasteiger partial charge in [-0.05, 0) is 64.2 Å². The molecule has 0 radical (unpaired) electrons. The van der Waals surface area contributed by atoms with Gasteiger partial charge in [-0.1, -0.05) is 209 Å². The van der Waals surface area contributed by atoms with Crippen LogP contribution in [0, 0.1) is 0 Å². The Hall–Kier alpha value is -3.23. The van der Waals surface area contributed by atoms with Gasteiger partial charge in [0.25, 0.3) is 0 Å². The summed E-state index contributed by atoms with van der Waals surface area (Å²) in [4.78, 5) is 37.2. The second-order valence-corrected chi connectivity index (χ2v) is 18.8. The molecule has 0 saturated heterocycles. The van der Waals surface area contributed by atoms with Crippen molar-refractivity contribution in [3.63, 3.8) is 0 Å². The molecule has 0 fully saturated rings. The molecule has 0 rings (SSSR count). The molecule has 0 aliphatic rings. The first-order valence-electron chi connectivity index (χ1n) is 26.5. The molecule has 65 heavy (non-hydrogen) atoms. The van der Waals surface area contributed by atoms with Crippen LogP contribution in [-0.4, -0.2) is 80.6 Å². The van der Waals surface area contributed by atoms with E-state index in [1.54, 1.807) is 0 Å². The number of hydrogen-bond donors (Lipinski definition) is 1. The second-order valence-electron chi connectivity index (χ2n) is 18.8. The third kappa shape index (κ3) is 45.7. The van der Waals surface area contributed by atoms with Crippen molar-refractivity contribution in [3.8, 4) is 0 Å². The van der Waals surface area contributed by atoms with E-state index in [0.717, 1.165) is 83.5 Å². The number of likely N-dealkylation sites (N-methyl/N-ethyl adjacent to an activating group) is 1. The van der Waals surface area contributed by atoms with Gasteiger partial charge in [-0.25, -0.2) is 4.79 Å². The van der Waals surface area contributed by atoms with Crippen LogP contribution in [0.4, 0.5) is 0 Å². The highest BCUT2D eigenvalue weighted by molar-refractivity contribution is 5.72. The van der Waals surface area contributed by atoms with Gasteiger partial charge < -0.3 is 23.8 Å². The van der Waals surface area contributed by atoms with Gasteiger partial charge >= 0.3 is 17.9 Å². The number of allylic oxidation sites excluding steroid dienone is 12. The topological polar surface area (TPSA) is 99.1 Å². The van der Waals surface area contributed by atoms with E-state index in [9.17, 15) is 19.5 Å². The minimum Gasteiger partial charge on any atom is -0.477 e. The molecule has 2 atom stereocenters. The fourth-order valence-corrected chi connectivity index (χ4v) is 7.57. The molecule has 8 heteroatoms. The minimum atomic E-state index is -0.881. The summed E-state index contributed by atoms with van der Waals surface area (Å²) in [6, 6.07) is -0.624. The van der Waals surface area contributed by atoms with Crippen LogP contribution in [0.2, 0.25) is 0 Å². The van der Waals surface area contributed by atoms with E-state index in [4.69, 9.17) is 14.2 Å². The number of carboxylic acid groups (broad SMARTS) is 1. The fourth-order valence-electron chi connectivity index (χ4n) is 7.57. The first kappa shape index (κ1) is 61.8. The van der Waals surface area contributed by atoms with Crippen LogP contribution in [-0.2, 0) is 28.6 Å². The third-order valence-electron chi connectivity index (χ3n) is 11.6. The van der Waals surface area contributed by atoms with Crippen LogP contribution in [0.15, 0.2) is 72.9 Å². The second kappa shape index (κ2) is 47.3. The number of ether oxygens (including phenoxy) is 3. The van der Waals surface area contributed by atoms with E-state index in [2.05, 4.69) is 86.8 Å². The highest BCUT2D eigenvalue weighted by atomic mass is 16.6. The number of unbranched alkanes of at least 4 members (excludes halogenated alkanes) is 21. The fraction of sp³-hybridized carbons (Fsp3) is 0.737. The number of carboxylic acids is 1. The Bertz CT molecular complexity index is 1290. The van der Waals surface area contributed by atoms with Crippen LogP contribution >= 0.6 is 0 Å². The molecule has 8 nitrogen and oxygen atoms in total. The van der Waals surface area contributed by atoms with Crippen molar-refractivity contribution >= 4 is 17.9 Å². The van der Waals surface area contributed by atoms with Gasteiger partial charge in [0.15, 0.2) is 12.1 Å². The minimum absolute atomic E-state index is 0.0461. The molecular formula is C57H100NO7+. The quantitative estimate of drug-likeness (QED) is 0.0281. The van der Waals surface area contributed by atoms with Crippen LogP contribution < -0.4 is 0 Å². The zero-order chi connectivity index (χ0) is 47.7. The largest absolute Gasteiger partial charge is 0.477 e. The molecule has 2 unspecified atom stereocenters. The maximum absolute atomic E-state index is 12.8. The molecule has 0 aromatic carbocycles. The molecule has 0 aromatic heterocycles. The lowest BCUT2D eigenvalue weighted by molar-refractivity contribution is -0.887. The van der Waals surface area contributed by atoms with Crippen LogP contribution in [0.25, 0.3) is 0 Å². The first-order chi connectivity index (χ1) is 31.6. The smallest absolute Gasteiger partial charge is 0.362 e. The molecule has 0 bridgehead atoms. The normalized spacial score (nSPS) is 13.4. The highest BCUT2D eigenvalue weighted by Crippen LogP contribution is 2.16. The number of rotatable bonds is 47. The van der Waals surface area contributed by atoms with Crippen molar-refractivity contribution in [2.45, 2.75) is 231 Å². The zero-order valence-electron chi connectivity index (χ0n) is 42.7. The van der Waals surface area contributed by atoms with Crippen molar-refractivity contribution in [3.05, 3.63) is 72.9 Å². The standard InChI is InChI=1S/C57H99NO7/c1-6-8-10-12-14-16-18-20-22-24-26-27-28-30-32-34-36-38-40-42-44-46-48-56(60)65-53(51-63-50-49-54(57(61)62)58(3,4)5)52-64-55(59)47-45-43-41-39-37-35-33-31-29-25-23-21-19-17-15-13-11-9-7-2/h8,10,14,16,20,22,26-27,30,32,36,38,53-54H,6-7,9,11-13,15,17-19,21,23-25,28-29,31,33-35,37,39-52H2,1-5H3/p+1/b10-8+,16-14+,22-20+,27-26+,32-30+,38-36+. The Balaban J connectivity index is 4.30. The number of carbonyl (C=O) groups excluding carboxylic acids is 2. The molecular weight excluding hydrogens is 811 g/mol. The van der Waals surface area contributed by atoms with Crippen molar-refractivity contribution in [1.29, 1.82) is 0 Å². The number of carbonyl (C=O) groups is 3. The Morgan fingerprint density at radius 3 is 1.28 bits per heavy atom. The summed E-state index contributed by atoms with van der Waals surface area (Å²) < 4.78 is 17.3. The van der Waals surface area contributed by atoms with Crippen molar-refractivity contribution < 1.29 is 38.2 Å². The monoisotopic (exact) mass is 911 g/mol. The van der Waals surface area contributed by atoms with Crippen molar-refractivity contribution in [2.75, 3.05) is 41.0 Å². The number of nitrogens with zero attached hydrogens (tertiary/aromatic N) is 1. The van der Waals surface area contributed by atoms with E-state index in [1.165, 1.54) is 103 Å². The van der Waals surface area contributed by atoms with Crippen LogP contribution in [0.1, 0.15) is 219 Å². The first-order valence-corrected chi connectivity index (χ1v) is 26.5. The lowest BCUT2D eigenvalue weighted by atomic mass is 10.0. The van der Waals surface area contributed by atoms with Gasteiger partial charge in [-0.15, -0.1) is 0 Å². The van der Waals surface area contributed by atoms with Gasteiger partial charge in [0.05, 0.1) is 34.4 Å². The maximum Gasteiger partial charge on any atom is 0.362 e. The molecule has 1 N–H and O–H groups in total. The summed E-state index contributed by atoms with van der Waals surface area (Å²) >= 11 is 0. The molecule has 0 aliphatic carbocycles. The number of esters is 2. The van der Waals surface area contributed by atoms with Crippen molar-refractivity contribution in [2.24, 2.45) is 0 Å². The molecule has 0 aliphatic heterocycles. The van der Waals surface area contributed by atoms with Gasteiger partial charge in [0, 0.05) is 19.3 Å². The zero-order valence-corrected chi connectivity index (χ0v) is 42.7. The van der Waals surface area contributed by atoms with Crippen molar-refractivity contribution in [1.82, 2.24) is 0 Å². The highest BCUT2D eigenvalue weighted by Gasteiger charge is 2.31. The SMILES string of the molecule is CC/C=C/C/C=C/C/C=C/C/C=C/C/C=C/C/C=C/CCCCCC(=O)OC(COCCC(C(=O)O)[N+](C)(C)C)COC(=O)CCCCCCCCCCCCCCCCCCCCC. The summed E-state index contributed by atoms with van der Waals surface area (Å²) in [7, 11) is 5.52. The Morgan fingerprint density at radius 1 is 0.477 bits per heavy atom. The summed E-state index contributed by atoms with van der Waals surface area (Å²) in [5, 5.41) is 9.66. The molecule has 0 aromatic rings. The molecule has 0 saturated carbocycles.